The van der Waals surface area contributed by atoms with Gasteiger partial charge in [0, 0.05) is 8.50 Å². The van der Waals surface area contributed by atoms with Gasteiger partial charge in [0.25, 0.3) is 0 Å². The quantitative estimate of drug-likeness (QED) is 0.533. The van der Waals surface area contributed by atoms with Gasteiger partial charge in [-0.25, -0.2) is 0 Å². The molecule has 3 nitrogen and oxygen atoms in total. The van der Waals surface area contributed by atoms with Gasteiger partial charge < -0.3 is 9.05 Å². The first kappa shape index (κ1) is 20.5. The number of hydrogen-bond donors (Lipinski definition) is 0. The molecule has 0 aliphatic rings. The van der Waals surface area contributed by atoms with Crippen LogP contribution < -0.4 is 0 Å². The molecule has 2 rings (SSSR count). The number of benzene rings is 2. The SMILES string of the molecule is CCC(C(=O)OP)C(CCc1ccc(-c2ccccc2)cc1)OPP. The maximum absolute atomic E-state index is 11.9. The first-order valence-corrected chi connectivity index (χ1v) is 11.5. The Hall–Kier alpha value is -0.840. The second-order valence-electron chi connectivity index (χ2n) is 5.83. The van der Waals surface area contributed by atoms with Crippen LogP contribution in [0, 0.1) is 5.92 Å². The van der Waals surface area contributed by atoms with E-state index in [1.165, 1.54) is 16.7 Å². The highest BCUT2D eigenvalue weighted by Gasteiger charge is 2.28. The summed E-state index contributed by atoms with van der Waals surface area (Å²) in [5, 5.41) is 0. The average Bonchev–Trinajstić information content (AvgIpc) is 2.67. The van der Waals surface area contributed by atoms with E-state index in [-0.39, 0.29) is 26.5 Å². The summed E-state index contributed by atoms with van der Waals surface area (Å²) in [4.78, 5) is 11.9. The minimum absolute atomic E-state index is 0.123. The Morgan fingerprint density at radius 3 is 2.28 bits per heavy atom. The van der Waals surface area contributed by atoms with Crippen LogP contribution in [0.3, 0.4) is 0 Å². The highest BCUT2D eigenvalue weighted by molar-refractivity contribution is 8.00. The summed E-state index contributed by atoms with van der Waals surface area (Å²) < 4.78 is 10.7. The van der Waals surface area contributed by atoms with Crippen LogP contribution in [-0.4, -0.2) is 12.1 Å². The molecule has 0 radical (unpaired) electrons. The summed E-state index contributed by atoms with van der Waals surface area (Å²) in [6.45, 7) is 1.99. The van der Waals surface area contributed by atoms with Crippen LogP contribution in [0.4, 0.5) is 0 Å². The van der Waals surface area contributed by atoms with Crippen molar-refractivity contribution in [3.05, 3.63) is 60.2 Å². The number of carbonyl (C=O) groups is 1. The lowest BCUT2D eigenvalue weighted by molar-refractivity contribution is -0.141. The zero-order valence-electron chi connectivity index (χ0n) is 14.4. The normalized spacial score (nSPS) is 13.7. The van der Waals surface area contributed by atoms with E-state index >= 15 is 0 Å². The number of carbonyl (C=O) groups excluding carboxylic acids is 1. The van der Waals surface area contributed by atoms with E-state index in [4.69, 9.17) is 9.05 Å². The minimum atomic E-state index is -0.228. The smallest absolute Gasteiger partial charge is 0.313 e. The third-order valence-electron chi connectivity index (χ3n) is 4.31. The van der Waals surface area contributed by atoms with Crippen molar-refractivity contribution in [2.75, 3.05) is 0 Å². The van der Waals surface area contributed by atoms with Gasteiger partial charge in [0.15, 0.2) is 0 Å². The Morgan fingerprint density at radius 2 is 1.72 bits per heavy atom. The van der Waals surface area contributed by atoms with E-state index in [1.807, 2.05) is 34.6 Å². The predicted molar refractivity (Wildman–Crippen MR) is 113 cm³/mol. The van der Waals surface area contributed by atoms with Crippen LogP contribution in [0.1, 0.15) is 25.3 Å². The van der Waals surface area contributed by atoms with E-state index in [0.29, 0.717) is 6.42 Å². The van der Waals surface area contributed by atoms with Gasteiger partial charge in [-0.2, -0.15) is 0 Å². The third-order valence-corrected chi connectivity index (χ3v) is 5.38. The minimum Gasteiger partial charge on any atom is -0.451 e. The van der Waals surface area contributed by atoms with Gasteiger partial charge in [-0.3, -0.25) is 4.79 Å². The fourth-order valence-electron chi connectivity index (χ4n) is 2.90. The van der Waals surface area contributed by atoms with Gasteiger partial charge in [0.2, 0.25) is 0 Å². The van der Waals surface area contributed by atoms with Gasteiger partial charge in [0.05, 0.1) is 21.5 Å². The topological polar surface area (TPSA) is 35.5 Å². The number of rotatable bonds is 9. The van der Waals surface area contributed by atoms with Gasteiger partial charge >= 0.3 is 5.97 Å². The molecule has 0 aromatic heterocycles. The summed E-state index contributed by atoms with van der Waals surface area (Å²) in [6, 6.07) is 18.9. The third kappa shape index (κ3) is 6.12. The summed E-state index contributed by atoms with van der Waals surface area (Å²) in [7, 11) is 4.90. The molecule has 0 fully saturated rings. The van der Waals surface area contributed by atoms with Crippen LogP contribution in [0.2, 0.25) is 0 Å². The lowest BCUT2D eigenvalue weighted by Gasteiger charge is -2.23. The molecule has 0 aliphatic carbocycles. The molecule has 0 heterocycles. The summed E-state index contributed by atoms with van der Waals surface area (Å²) in [6.07, 6.45) is 2.25. The van der Waals surface area contributed by atoms with E-state index in [0.717, 1.165) is 12.8 Å². The highest BCUT2D eigenvalue weighted by atomic mass is 32.0. The van der Waals surface area contributed by atoms with Crippen molar-refractivity contribution in [1.29, 1.82) is 0 Å². The highest BCUT2D eigenvalue weighted by Crippen LogP contribution is 2.31. The van der Waals surface area contributed by atoms with Crippen LogP contribution in [0.25, 0.3) is 11.1 Å². The predicted octanol–water partition coefficient (Wildman–Crippen LogP) is 5.41. The van der Waals surface area contributed by atoms with Crippen LogP contribution in [0.15, 0.2) is 54.6 Å². The molecule has 134 valence electrons. The largest absolute Gasteiger partial charge is 0.451 e. The van der Waals surface area contributed by atoms with Gasteiger partial charge in [-0.15, -0.1) is 0 Å². The maximum Gasteiger partial charge on any atom is 0.313 e. The summed E-state index contributed by atoms with van der Waals surface area (Å²) >= 11 is 0. The summed E-state index contributed by atoms with van der Waals surface area (Å²) in [5.74, 6) is -0.450. The Balaban J connectivity index is 2.01. The molecular formula is C19H25O3P3. The molecule has 0 bridgehead atoms. The standard InChI is InChI=1S/C19H25O3P3/c1-2-17(19(20)21-23)18(22-25-24)13-10-14-8-11-16(12-9-14)15-6-4-3-5-7-15/h3-9,11-12,17-18,25H,2,10,13,23-24H2,1H3. The van der Waals surface area contributed by atoms with Crippen LogP contribution in [-0.2, 0) is 20.3 Å². The lowest BCUT2D eigenvalue weighted by Crippen LogP contribution is -2.29. The second-order valence-corrected chi connectivity index (χ2v) is 7.24. The van der Waals surface area contributed by atoms with Gasteiger partial charge in [-0.1, -0.05) is 70.4 Å². The van der Waals surface area contributed by atoms with E-state index < -0.39 is 0 Å². The molecule has 2 aromatic rings. The van der Waals surface area contributed by atoms with Crippen LogP contribution >= 0.6 is 26.9 Å². The first-order valence-electron chi connectivity index (χ1n) is 8.35. The Labute approximate surface area is 156 Å². The lowest BCUT2D eigenvalue weighted by atomic mass is 9.94. The summed E-state index contributed by atoms with van der Waals surface area (Å²) in [5.41, 5.74) is 3.67. The molecule has 5 unspecified atom stereocenters. The Morgan fingerprint density at radius 1 is 1.08 bits per heavy atom. The molecular weight excluding hydrogens is 369 g/mol. The number of aryl methyl sites for hydroxylation is 1. The van der Waals surface area contributed by atoms with Crippen molar-refractivity contribution >= 4 is 32.9 Å². The van der Waals surface area contributed by atoms with E-state index in [1.54, 1.807) is 0 Å². The van der Waals surface area contributed by atoms with Gasteiger partial charge in [-0.05, 0) is 36.0 Å². The first-order chi connectivity index (χ1) is 12.2. The van der Waals surface area contributed by atoms with Crippen molar-refractivity contribution in [3.63, 3.8) is 0 Å². The molecule has 0 saturated heterocycles. The van der Waals surface area contributed by atoms with Crippen molar-refractivity contribution < 1.29 is 13.8 Å². The van der Waals surface area contributed by atoms with Crippen molar-refractivity contribution in [2.45, 2.75) is 32.3 Å². The van der Waals surface area contributed by atoms with E-state index in [9.17, 15) is 4.79 Å². The molecule has 5 atom stereocenters. The van der Waals surface area contributed by atoms with Crippen molar-refractivity contribution in [3.8, 4) is 11.1 Å². The fraction of sp³-hybridized carbons (Fsp3) is 0.316. The number of hydrogen-bond acceptors (Lipinski definition) is 3. The molecule has 0 spiro atoms. The fourth-order valence-corrected chi connectivity index (χ4v) is 4.06. The molecule has 0 N–H and O–H groups in total. The van der Waals surface area contributed by atoms with Crippen LogP contribution in [0.5, 0.6) is 0 Å². The molecule has 0 aliphatic heterocycles. The monoisotopic (exact) mass is 394 g/mol. The molecule has 25 heavy (non-hydrogen) atoms. The molecule has 0 saturated carbocycles. The van der Waals surface area contributed by atoms with Crippen molar-refractivity contribution in [1.82, 2.24) is 0 Å². The van der Waals surface area contributed by atoms with Gasteiger partial charge in [0.1, 0.15) is 0 Å². The molecule has 0 amide bonds. The van der Waals surface area contributed by atoms with E-state index in [2.05, 4.69) is 45.3 Å². The Bertz CT molecular complexity index is 647. The average molecular weight is 394 g/mol. The maximum atomic E-state index is 11.9. The molecule has 2 aromatic carbocycles. The van der Waals surface area contributed by atoms with Crippen molar-refractivity contribution in [2.24, 2.45) is 5.92 Å². The second kappa shape index (κ2) is 11.0. The molecule has 6 heteroatoms. The zero-order chi connectivity index (χ0) is 18.1. The zero-order valence-corrected chi connectivity index (χ0v) is 17.7. The Kier molecular flexibility index (Phi) is 9.00.